The van der Waals surface area contributed by atoms with Crippen LogP contribution in [0.1, 0.15) is 17.4 Å². The maximum absolute atomic E-state index is 5.98. The van der Waals surface area contributed by atoms with Gasteiger partial charge in [0.2, 0.25) is 0 Å². The van der Waals surface area contributed by atoms with E-state index >= 15 is 0 Å². The van der Waals surface area contributed by atoms with E-state index in [2.05, 4.69) is 4.90 Å². The molecule has 2 N–H and O–H groups in total. The summed E-state index contributed by atoms with van der Waals surface area (Å²) >= 11 is 0. The van der Waals surface area contributed by atoms with Crippen LogP contribution in [0, 0.1) is 0 Å². The van der Waals surface area contributed by atoms with E-state index in [0.717, 1.165) is 22.8 Å². The van der Waals surface area contributed by atoms with Gasteiger partial charge in [-0.05, 0) is 37.4 Å². The zero-order valence-corrected chi connectivity index (χ0v) is 12.7. The van der Waals surface area contributed by atoms with Crippen molar-refractivity contribution >= 4 is 0 Å². The lowest BCUT2D eigenvalue weighted by Crippen LogP contribution is -2.30. The van der Waals surface area contributed by atoms with Crippen LogP contribution in [-0.4, -0.2) is 32.7 Å². The molecule has 1 heterocycles. The normalized spacial score (nSPS) is 12.4. The number of likely N-dealkylation sites (N-methyl/N-ethyl adjacent to an activating group) is 1. The average Bonchev–Trinajstić information content (AvgIpc) is 3.00. The van der Waals surface area contributed by atoms with E-state index in [9.17, 15) is 0 Å². The molecule has 2 aromatic rings. The van der Waals surface area contributed by atoms with Crippen LogP contribution >= 0.6 is 0 Å². The Labute approximate surface area is 125 Å². The molecule has 1 atom stereocenters. The third kappa shape index (κ3) is 3.56. The fourth-order valence-electron chi connectivity index (χ4n) is 2.40. The first-order chi connectivity index (χ1) is 10.2. The predicted octanol–water partition coefficient (Wildman–Crippen LogP) is 2.43. The Balaban J connectivity index is 2.26. The second-order valence-corrected chi connectivity index (χ2v) is 4.85. The van der Waals surface area contributed by atoms with Gasteiger partial charge in [-0.25, -0.2) is 0 Å². The third-order valence-corrected chi connectivity index (χ3v) is 3.54. The van der Waals surface area contributed by atoms with Crippen molar-refractivity contribution in [1.82, 2.24) is 4.90 Å². The van der Waals surface area contributed by atoms with Gasteiger partial charge in [-0.15, -0.1) is 0 Å². The van der Waals surface area contributed by atoms with Crippen LogP contribution < -0.4 is 15.2 Å². The Kier molecular flexibility index (Phi) is 5.25. The molecular weight excluding hydrogens is 268 g/mol. The summed E-state index contributed by atoms with van der Waals surface area (Å²) in [6.45, 7) is 1.15. The Morgan fingerprint density at radius 2 is 2.05 bits per heavy atom. The second-order valence-electron chi connectivity index (χ2n) is 4.85. The maximum atomic E-state index is 5.98. The quantitative estimate of drug-likeness (QED) is 0.848. The molecule has 114 valence electrons. The summed E-state index contributed by atoms with van der Waals surface area (Å²) in [5, 5.41) is 0. The Hall–Kier alpha value is -1.98. The van der Waals surface area contributed by atoms with Crippen molar-refractivity contribution in [2.75, 3.05) is 27.8 Å². The number of benzene rings is 1. The van der Waals surface area contributed by atoms with E-state index < -0.39 is 0 Å². The Bertz CT molecular complexity index is 555. The first-order valence-electron chi connectivity index (χ1n) is 6.84. The summed E-state index contributed by atoms with van der Waals surface area (Å²) in [5.41, 5.74) is 6.99. The molecule has 0 spiro atoms. The Morgan fingerprint density at radius 1 is 1.24 bits per heavy atom. The number of nitrogens with zero attached hydrogens (tertiary/aromatic N) is 1. The van der Waals surface area contributed by atoms with Gasteiger partial charge in [-0.3, -0.25) is 4.90 Å². The second kappa shape index (κ2) is 7.15. The van der Waals surface area contributed by atoms with Gasteiger partial charge in [-0.1, -0.05) is 0 Å². The van der Waals surface area contributed by atoms with Crippen LogP contribution in [0.15, 0.2) is 41.0 Å². The van der Waals surface area contributed by atoms with Crippen molar-refractivity contribution in [2.45, 2.75) is 12.6 Å². The van der Waals surface area contributed by atoms with Crippen LogP contribution in [0.2, 0.25) is 0 Å². The van der Waals surface area contributed by atoms with E-state index in [0.29, 0.717) is 13.1 Å². The molecule has 0 fully saturated rings. The van der Waals surface area contributed by atoms with Crippen molar-refractivity contribution in [3.05, 3.63) is 47.9 Å². The molecular formula is C16H22N2O3. The third-order valence-electron chi connectivity index (χ3n) is 3.54. The van der Waals surface area contributed by atoms with Gasteiger partial charge >= 0.3 is 0 Å². The zero-order valence-electron chi connectivity index (χ0n) is 12.7. The highest BCUT2D eigenvalue weighted by molar-refractivity contribution is 5.42. The van der Waals surface area contributed by atoms with Gasteiger partial charge in [0.1, 0.15) is 17.3 Å². The van der Waals surface area contributed by atoms with Crippen LogP contribution in [0.5, 0.6) is 11.5 Å². The topological polar surface area (TPSA) is 60.9 Å². The number of methoxy groups -OCH3 is 2. The minimum absolute atomic E-state index is 0.0140. The predicted molar refractivity (Wildman–Crippen MR) is 81.5 cm³/mol. The van der Waals surface area contributed by atoms with Crippen molar-refractivity contribution in [3.63, 3.8) is 0 Å². The average molecular weight is 290 g/mol. The van der Waals surface area contributed by atoms with E-state index in [1.54, 1.807) is 20.5 Å². The van der Waals surface area contributed by atoms with Gasteiger partial charge in [0.25, 0.3) is 0 Å². The van der Waals surface area contributed by atoms with Gasteiger partial charge in [-0.2, -0.15) is 0 Å². The molecule has 5 nitrogen and oxygen atoms in total. The molecule has 0 saturated heterocycles. The first-order valence-corrected chi connectivity index (χ1v) is 6.84. The molecule has 0 aliphatic heterocycles. The largest absolute Gasteiger partial charge is 0.497 e. The molecule has 0 bridgehead atoms. The van der Waals surface area contributed by atoms with Crippen molar-refractivity contribution in [2.24, 2.45) is 5.73 Å². The molecule has 0 aliphatic carbocycles. The smallest absolute Gasteiger partial charge is 0.123 e. The molecule has 21 heavy (non-hydrogen) atoms. The molecule has 5 heteroatoms. The molecule has 1 unspecified atom stereocenters. The highest BCUT2D eigenvalue weighted by Crippen LogP contribution is 2.32. The summed E-state index contributed by atoms with van der Waals surface area (Å²) in [7, 11) is 5.32. The van der Waals surface area contributed by atoms with Crippen LogP contribution in [-0.2, 0) is 6.54 Å². The molecule has 1 aromatic carbocycles. The van der Waals surface area contributed by atoms with E-state index in [1.807, 2.05) is 37.4 Å². The van der Waals surface area contributed by atoms with Crippen molar-refractivity contribution in [1.29, 1.82) is 0 Å². The zero-order chi connectivity index (χ0) is 15.2. The van der Waals surface area contributed by atoms with Gasteiger partial charge in [0.05, 0.1) is 33.1 Å². The summed E-state index contributed by atoms with van der Waals surface area (Å²) < 4.78 is 16.2. The van der Waals surface area contributed by atoms with Crippen LogP contribution in [0.4, 0.5) is 0 Å². The SMILES string of the molecule is COc1ccc(OC)c(C(CN)N(C)Cc2ccco2)c1. The van der Waals surface area contributed by atoms with Gasteiger partial charge in [0, 0.05) is 12.1 Å². The lowest BCUT2D eigenvalue weighted by Gasteiger charge is -2.28. The van der Waals surface area contributed by atoms with Crippen molar-refractivity contribution < 1.29 is 13.9 Å². The number of rotatable bonds is 7. The number of ether oxygens (including phenoxy) is 2. The molecule has 0 amide bonds. The van der Waals surface area contributed by atoms with Crippen LogP contribution in [0.25, 0.3) is 0 Å². The molecule has 0 saturated carbocycles. The monoisotopic (exact) mass is 290 g/mol. The summed E-state index contributed by atoms with van der Waals surface area (Å²) in [4.78, 5) is 2.14. The molecule has 2 rings (SSSR count). The minimum Gasteiger partial charge on any atom is -0.497 e. The van der Waals surface area contributed by atoms with Gasteiger partial charge < -0.3 is 19.6 Å². The summed E-state index contributed by atoms with van der Waals surface area (Å²) in [5.74, 6) is 2.49. The van der Waals surface area contributed by atoms with Crippen molar-refractivity contribution in [3.8, 4) is 11.5 Å². The van der Waals surface area contributed by atoms with Gasteiger partial charge in [0.15, 0.2) is 0 Å². The summed E-state index contributed by atoms with van der Waals surface area (Å²) in [6.07, 6.45) is 1.67. The first kappa shape index (κ1) is 15.4. The number of nitrogens with two attached hydrogens (primary N) is 1. The lowest BCUT2D eigenvalue weighted by molar-refractivity contribution is 0.218. The molecule has 0 aliphatic rings. The fraction of sp³-hybridized carbons (Fsp3) is 0.375. The molecule has 0 radical (unpaired) electrons. The lowest BCUT2D eigenvalue weighted by atomic mass is 10.0. The van der Waals surface area contributed by atoms with Crippen LogP contribution in [0.3, 0.4) is 0 Å². The van der Waals surface area contributed by atoms with E-state index in [1.165, 1.54) is 0 Å². The summed E-state index contributed by atoms with van der Waals surface area (Å²) in [6, 6.07) is 9.59. The number of furan rings is 1. The minimum atomic E-state index is 0.0140. The fourth-order valence-corrected chi connectivity index (χ4v) is 2.40. The molecule has 1 aromatic heterocycles. The van der Waals surface area contributed by atoms with E-state index in [4.69, 9.17) is 19.6 Å². The Morgan fingerprint density at radius 3 is 2.62 bits per heavy atom. The van der Waals surface area contributed by atoms with E-state index in [-0.39, 0.29) is 6.04 Å². The highest BCUT2D eigenvalue weighted by atomic mass is 16.5. The number of hydrogen-bond donors (Lipinski definition) is 1. The maximum Gasteiger partial charge on any atom is 0.123 e. The standard InChI is InChI=1S/C16H22N2O3/c1-18(11-13-5-4-8-21-13)15(10-17)14-9-12(19-2)6-7-16(14)20-3/h4-9,15H,10-11,17H2,1-3H3. The highest BCUT2D eigenvalue weighted by Gasteiger charge is 2.21. The number of hydrogen-bond acceptors (Lipinski definition) is 5.